The molecule has 0 aromatic rings. The van der Waals surface area contributed by atoms with Gasteiger partial charge in [-0.15, -0.1) is 0 Å². The van der Waals surface area contributed by atoms with Crippen molar-refractivity contribution in [3.05, 3.63) is 0 Å². The summed E-state index contributed by atoms with van der Waals surface area (Å²) in [6.45, 7) is 1.06. The molecule has 54 valence electrons. The van der Waals surface area contributed by atoms with Crippen molar-refractivity contribution in [3.63, 3.8) is 0 Å². The van der Waals surface area contributed by atoms with Crippen molar-refractivity contribution in [3.8, 4) is 0 Å². The summed E-state index contributed by atoms with van der Waals surface area (Å²) >= 11 is 0. The Balaban J connectivity index is -0.000000107. The van der Waals surface area contributed by atoms with E-state index in [1.54, 1.807) is 0 Å². The van der Waals surface area contributed by atoms with Crippen LogP contribution in [0.1, 0.15) is 9.78 Å². The van der Waals surface area contributed by atoms with Gasteiger partial charge in [0.1, 0.15) is 6.29 Å². The van der Waals surface area contributed by atoms with Gasteiger partial charge in [0.25, 0.3) is 0 Å². The van der Waals surface area contributed by atoms with Gasteiger partial charge in [0, 0.05) is 0 Å². The smallest absolute Gasteiger partial charge is 1.00 e. The summed E-state index contributed by atoms with van der Waals surface area (Å²) in [6.07, 6.45) is 0.116. The third kappa shape index (κ3) is 3.98. The van der Waals surface area contributed by atoms with E-state index >= 15 is 0 Å². The van der Waals surface area contributed by atoms with Gasteiger partial charge in [-0.2, -0.15) is 0 Å². The Morgan fingerprint density at radius 2 is 2.00 bits per heavy atom. The van der Waals surface area contributed by atoms with E-state index < -0.39 is 17.7 Å². The number of carboxylic acids is 1. The molecule has 0 aliphatic carbocycles. The van der Waals surface area contributed by atoms with Crippen molar-refractivity contribution in [1.29, 1.82) is 0 Å². The summed E-state index contributed by atoms with van der Waals surface area (Å²) in [4.78, 5) is 29.9. The molecular weight excluding hydrogens is 164 g/mol. The Morgan fingerprint density at radius 1 is 1.60 bits per heavy atom. The van der Waals surface area contributed by atoms with Crippen LogP contribution in [-0.4, -0.2) is 60.9 Å². The van der Waals surface area contributed by atoms with E-state index in [4.69, 9.17) is 5.11 Å². The van der Waals surface area contributed by atoms with Gasteiger partial charge in [-0.1, -0.05) is 0 Å². The van der Waals surface area contributed by atoms with Crippen molar-refractivity contribution in [2.24, 2.45) is 5.92 Å². The van der Waals surface area contributed by atoms with E-state index in [-0.39, 0.29) is 46.9 Å². The van der Waals surface area contributed by atoms with Crippen LogP contribution < -0.4 is 0 Å². The van der Waals surface area contributed by atoms with Crippen LogP contribution in [0.2, 0.25) is 0 Å². The van der Waals surface area contributed by atoms with E-state index in [1.807, 2.05) is 0 Å². The molecule has 0 aliphatic rings. The van der Waals surface area contributed by atoms with Crippen LogP contribution in [0.25, 0.3) is 0 Å². The number of Topliss-reactive ketones (excluding diaryl/α,β-unsaturated/α-hetero) is 1. The van der Waals surface area contributed by atoms with Crippen LogP contribution in [0.5, 0.6) is 0 Å². The number of aldehydes is 1. The van der Waals surface area contributed by atoms with Crippen LogP contribution in [0.4, 0.5) is 0 Å². The predicted octanol–water partition coefficient (Wildman–Crippen LogP) is -0.681. The zero-order valence-electron chi connectivity index (χ0n) is 7.53. The van der Waals surface area contributed by atoms with Crippen molar-refractivity contribution in [2.75, 3.05) is 0 Å². The van der Waals surface area contributed by atoms with Crippen molar-refractivity contribution in [2.45, 2.75) is 6.92 Å². The molecule has 0 bridgehead atoms. The minimum atomic E-state index is -1.48. The van der Waals surface area contributed by atoms with Crippen LogP contribution in [0.3, 0.4) is 0 Å². The maximum atomic E-state index is 10.2. The second-order valence-corrected chi connectivity index (χ2v) is 1.56. The van der Waals surface area contributed by atoms with Gasteiger partial charge in [-0.25, -0.2) is 0 Å². The van der Waals surface area contributed by atoms with E-state index in [1.165, 1.54) is 0 Å². The minimum absolute atomic E-state index is 0. The summed E-state index contributed by atoms with van der Waals surface area (Å²) in [5.74, 6) is -3.51. The molecule has 0 rings (SSSR count). The molecule has 4 nitrogen and oxygen atoms in total. The maximum absolute atomic E-state index is 10.2. The van der Waals surface area contributed by atoms with Crippen LogP contribution in [0, 0.1) is 5.92 Å². The van der Waals surface area contributed by atoms with Crippen LogP contribution in [-0.2, 0) is 14.4 Å². The molecule has 0 spiro atoms. The molecule has 0 aliphatic heterocycles. The number of carboxylic acid groups (broad SMARTS) is 1. The fourth-order valence-corrected chi connectivity index (χ4v) is 0.328. The summed E-state index contributed by atoms with van der Waals surface area (Å²) in [5.41, 5.74) is 0. The number of rotatable bonds is 3. The first kappa shape index (κ1) is 12.7. The van der Waals surface area contributed by atoms with Gasteiger partial charge in [0.15, 0.2) is 11.7 Å². The standard InChI is InChI=1S/C5H6O4.Ca.2H/c1-3(7)4(2-6)5(8)9;;;/h2,4H,1H3,(H,8,9);;;/q;+2;2*-1. The Bertz CT molecular complexity index is 148. The van der Waals surface area contributed by atoms with Gasteiger partial charge in [0.05, 0.1) is 0 Å². The first-order valence-corrected chi connectivity index (χ1v) is 2.28. The summed E-state index contributed by atoms with van der Waals surface area (Å²) in [5, 5.41) is 8.09. The predicted molar refractivity (Wildman–Crippen MR) is 35.8 cm³/mol. The number of carbonyl (C=O) groups is 3. The third-order valence-corrected chi connectivity index (χ3v) is 0.840. The molecule has 1 atom stereocenters. The Morgan fingerprint density at radius 3 is 2.00 bits per heavy atom. The Hall–Kier alpha value is 0.0697. The van der Waals surface area contributed by atoms with Gasteiger partial charge in [0.2, 0.25) is 0 Å². The number of ketones is 1. The molecular formula is C5H8CaO4. The van der Waals surface area contributed by atoms with E-state index in [0.29, 0.717) is 0 Å². The average molecular weight is 172 g/mol. The first-order valence-electron chi connectivity index (χ1n) is 2.28. The topological polar surface area (TPSA) is 71.4 Å². The van der Waals surface area contributed by atoms with E-state index in [0.717, 1.165) is 6.92 Å². The molecule has 0 heterocycles. The number of hydrogen-bond acceptors (Lipinski definition) is 3. The molecule has 1 unspecified atom stereocenters. The van der Waals surface area contributed by atoms with Crippen LogP contribution in [0.15, 0.2) is 0 Å². The van der Waals surface area contributed by atoms with Crippen LogP contribution >= 0.6 is 0 Å². The molecule has 0 fully saturated rings. The first-order chi connectivity index (χ1) is 4.09. The van der Waals surface area contributed by atoms with Gasteiger partial charge >= 0.3 is 43.7 Å². The second-order valence-electron chi connectivity index (χ2n) is 1.56. The molecule has 0 amide bonds. The Labute approximate surface area is 90.6 Å². The van der Waals surface area contributed by atoms with Gasteiger partial charge < -0.3 is 12.8 Å². The monoisotopic (exact) mass is 172 g/mol. The zero-order chi connectivity index (χ0) is 7.44. The zero-order valence-corrected chi connectivity index (χ0v) is 7.74. The summed E-state index contributed by atoms with van der Waals surface area (Å²) in [6, 6.07) is 0. The fraction of sp³-hybridized carbons (Fsp3) is 0.400. The van der Waals surface area contributed by atoms with E-state index in [9.17, 15) is 14.4 Å². The molecule has 10 heavy (non-hydrogen) atoms. The van der Waals surface area contributed by atoms with Crippen molar-refractivity contribution in [1.82, 2.24) is 0 Å². The largest absolute Gasteiger partial charge is 2.00 e. The van der Waals surface area contributed by atoms with E-state index in [2.05, 4.69) is 0 Å². The third-order valence-electron chi connectivity index (χ3n) is 0.840. The minimum Gasteiger partial charge on any atom is -1.00 e. The second kappa shape index (κ2) is 5.82. The molecule has 1 N–H and O–H groups in total. The van der Waals surface area contributed by atoms with Crippen molar-refractivity contribution >= 4 is 55.8 Å². The molecule has 0 radical (unpaired) electrons. The molecule has 0 saturated carbocycles. The quantitative estimate of drug-likeness (QED) is 0.348. The molecule has 5 heteroatoms. The number of hydrogen-bond donors (Lipinski definition) is 1. The van der Waals surface area contributed by atoms with Gasteiger partial charge in [-0.05, 0) is 6.92 Å². The average Bonchev–Trinajstić information content (AvgIpc) is 1.64. The van der Waals surface area contributed by atoms with Crippen molar-refractivity contribution < 1.29 is 22.3 Å². The fourth-order valence-electron chi connectivity index (χ4n) is 0.328. The summed E-state index contributed by atoms with van der Waals surface area (Å²) in [7, 11) is 0. The molecule has 0 saturated heterocycles. The molecule has 0 aromatic carbocycles. The normalized spacial score (nSPS) is 10.9. The van der Waals surface area contributed by atoms with Gasteiger partial charge in [-0.3, -0.25) is 9.59 Å². The SMILES string of the molecule is CC(=O)C(C=O)C(=O)O.[Ca+2].[H-].[H-]. The number of carbonyl (C=O) groups excluding carboxylic acids is 2. The maximum Gasteiger partial charge on any atom is 2.00 e. The number of aliphatic carboxylic acids is 1. The molecule has 0 aromatic heterocycles. The summed E-state index contributed by atoms with van der Waals surface area (Å²) < 4.78 is 0. The Kier molecular flexibility index (Phi) is 7.41.